The van der Waals surface area contributed by atoms with Crippen molar-refractivity contribution < 1.29 is 14.2 Å². The first kappa shape index (κ1) is 14.7. The van der Waals surface area contributed by atoms with Crippen molar-refractivity contribution in [2.24, 2.45) is 0 Å². The van der Waals surface area contributed by atoms with Gasteiger partial charge < -0.3 is 9.84 Å². The van der Waals surface area contributed by atoms with E-state index in [9.17, 15) is 9.50 Å². The Morgan fingerprint density at radius 3 is 2.47 bits per heavy atom. The Morgan fingerprint density at radius 2 is 1.94 bits per heavy atom. The molecule has 0 saturated carbocycles. The van der Waals surface area contributed by atoms with Crippen LogP contribution in [0.25, 0.3) is 0 Å². The first-order valence-corrected chi connectivity index (χ1v) is 5.98. The minimum Gasteiger partial charge on any atom is -0.383 e. The van der Waals surface area contributed by atoms with E-state index >= 15 is 0 Å². The van der Waals surface area contributed by atoms with Gasteiger partial charge in [-0.15, -0.1) is 0 Å². The van der Waals surface area contributed by atoms with Gasteiger partial charge in [-0.25, -0.2) is 4.39 Å². The summed E-state index contributed by atoms with van der Waals surface area (Å²) >= 11 is 11.5. The van der Waals surface area contributed by atoms with Crippen molar-refractivity contribution in [1.82, 2.24) is 0 Å². The normalized spacial score (nSPS) is 15.1. The smallest absolute Gasteiger partial charge is 0.142 e. The standard InChI is InChI=1S/C12H15Cl2FO2/c1-7(2)17-6-12(3,16)8-4-11(15)10(14)5-9(8)13/h4-5,7,16H,6H2,1-3H3. The van der Waals surface area contributed by atoms with Crippen LogP contribution in [0.2, 0.25) is 10.0 Å². The summed E-state index contributed by atoms with van der Waals surface area (Å²) in [5, 5.41) is 10.4. The zero-order valence-electron chi connectivity index (χ0n) is 9.93. The second kappa shape index (κ2) is 5.53. The van der Waals surface area contributed by atoms with Crippen LogP contribution in [0.15, 0.2) is 12.1 Å². The molecule has 2 nitrogen and oxygen atoms in total. The molecule has 0 amide bonds. The molecular formula is C12H15Cl2FO2. The lowest BCUT2D eigenvalue weighted by Crippen LogP contribution is -2.30. The number of ether oxygens (including phenoxy) is 1. The molecule has 1 atom stereocenters. The van der Waals surface area contributed by atoms with Gasteiger partial charge in [0.2, 0.25) is 0 Å². The second-order valence-corrected chi connectivity index (χ2v) is 5.19. The molecule has 1 aromatic rings. The lowest BCUT2D eigenvalue weighted by Gasteiger charge is -2.26. The summed E-state index contributed by atoms with van der Waals surface area (Å²) in [6.07, 6.45) is -0.0302. The largest absolute Gasteiger partial charge is 0.383 e. The number of benzene rings is 1. The molecule has 96 valence electrons. The van der Waals surface area contributed by atoms with Gasteiger partial charge in [0, 0.05) is 10.6 Å². The van der Waals surface area contributed by atoms with Gasteiger partial charge in [0.25, 0.3) is 0 Å². The molecule has 0 saturated heterocycles. The van der Waals surface area contributed by atoms with Crippen LogP contribution in [0.4, 0.5) is 4.39 Å². The molecule has 0 fully saturated rings. The third-order valence-electron chi connectivity index (χ3n) is 2.29. The summed E-state index contributed by atoms with van der Waals surface area (Å²) in [7, 11) is 0. The molecule has 5 heteroatoms. The summed E-state index contributed by atoms with van der Waals surface area (Å²) in [5.41, 5.74) is -1.09. The fourth-order valence-electron chi connectivity index (χ4n) is 1.34. The molecule has 0 aliphatic rings. The zero-order chi connectivity index (χ0) is 13.2. The van der Waals surface area contributed by atoms with Gasteiger partial charge in [0.15, 0.2) is 0 Å². The lowest BCUT2D eigenvalue weighted by molar-refractivity contribution is -0.0575. The Hall–Kier alpha value is -0.350. The van der Waals surface area contributed by atoms with Crippen LogP contribution in [0.1, 0.15) is 26.3 Å². The molecule has 0 heterocycles. The van der Waals surface area contributed by atoms with Crippen LogP contribution in [0.3, 0.4) is 0 Å². The average molecular weight is 281 g/mol. The topological polar surface area (TPSA) is 29.5 Å². The van der Waals surface area contributed by atoms with E-state index in [1.807, 2.05) is 13.8 Å². The maximum absolute atomic E-state index is 13.3. The average Bonchev–Trinajstić information content (AvgIpc) is 2.20. The van der Waals surface area contributed by atoms with Gasteiger partial charge in [0.1, 0.15) is 11.4 Å². The quantitative estimate of drug-likeness (QED) is 0.851. The van der Waals surface area contributed by atoms with Gasteiger partial charge in [-0.3, -0.25) is 0 Å². The summed E-state index contributed by atoms with van der Waals surface area (Å²) in [6, 6.07) is 2.41. The first-order chi connectivity index (χ1) is 7.74. The molecule has 1 aromatic carbocycles. The summed E-state index contributed by atoms with van der Waals surface area (Å²) < 4.78 is 18.7. The number of aliphatic hydroxyl groups is 1. The highest BCUT2D eigenvalue weighted by Gasteiger charge is 2.27. The fourth-order valence-corrected chi connectivity index (χ4v) is 1.93. The molecule has 17 heavy (non-hydrogen) atoms. The summed E-state index contributed by atoms with van der Waals surface area (Å²) in [6.45, 7) is 5.25. The van der Waals surface area contributed by atoms with Crippen molar-refractivity contribution in [3.8, 4) is 0 Å². The van der Waals surface area contributed by atoms with Crippen LogP contribution in [-0.2, 0) is 10.3 Å². The predicted octanol–water partition coefficient (Wildman–Crippen LogP) is 3.77. The number of hydrogen-bond acceptors (Lipinski definition) is 2. The minimum atomic E-state index is -1.35. The van der Waals surface area contributed by atoms with E-state index in [1.54, 1.807) is 0 Å². The Labute approximate surface area is 110 Å². The highest BCUT2D eigenvalue weighted by molar-refractivity contribution is 6.35. The molecule has 0 aliphatic carbocycles. The highest BCUT2D eigenvalue weighted by atomic mass is 35.5. The van der Waals surface area contributed by atoms with Crippen LogP contribution in [0.5, 0.6) is 0 Å². The first-order valence-electron chi connectivity index (χ1n) is 5.23. The molecular weight excluding hydrogens is 266 g/mol. The van der Waals surface area contributed by atoms with E-state index in [1.165, 1.54) is 13.0 Å². The third-order valence-corrected chi connectivity index (χ3v) is 2.89. The highest BCUT2D eigenvalue weighted by Crippen LogP contribution is 2.32. The van der Waals surface area contributed by atoms with Crippen molar-refractivity contribution in [3.05, 3.63) is 33.6 Å². The molecule has 1 rings (SSSR count). The fraction of sp³-hybridized carbons (Fsp3) is 0.500. The van der Waals surface area contributed by atoms with Crippen LogP contribution < -0.4 is 0 Å². The van der Waals surface area contributed by atoms with Crippen LogP contribution in [0, 0.1) is 5.82 Å². The number of rotatable bonds is 4. The van der Waals surface area contributed by atoms with Gasteiger partial charge >= 0.3 is 0 Å². The van der Waals surface area contributed by atoms with Gasteiger partial charge in [-0.2, -0.15) is 0 Å². The van der Waals surface area contributed by atoms with E-state index in [-0.39, 0.29) is 28.3 Å². The van der Waals surface area contributed by atoms with Crippen molar-refractivity contribution in [1.29, 1.82) is 0 Å². The number of hydrogen-bond donors (Lipinski definition) is 1. The molecule has 1 unspecified atom stereocenters. The molecule has 0 radical (unpaired) electrons. The molecule has 1 N–H and O–H groups in total. The van der Waals surface area contributed by atoms with Crippen LogP contribution >= 0.6 is 23.2 Å². The monoisotopic (exact) mass is 280 g/mol. The zero-order valence-corrected chi connectivity index (χ0v) is 11.4. The Kier molecular flexibility index (Phi) is 4.78. The Bertz CT molecular complexity index is 406. The summed E-state index contributed by atoms with van der Waals surface area (Å²) in [4.78, 5) is 0. The van der Waals surface area contributed by atoms with Gasteiger partial charge in [0.05, 0.1) is 17.7 Å². The maximum Gasteiger partial charge on any atom is 0.142 e. The summed E-state index contributed by atoms with van der Waals surface area (Å²) in [5.74, 6) is -0.615. The van der Waals surface area contributed by atoms with E-state index in [0.29, 0.717) is 0 Å². The molecule has 0 spiro atoms. The third kappa shape index (κ3) is 3.81. The van der Waals surface area contributed by atoms with Crippen molar-refractivity contribution in [2.45, 2.75) is 32.5 Å². The Balaban J connectivity index is 3.01. The van der Waals surface area contributed by atoms with Gasteiger partial charge in [-0.1, -0.05) is 23.2 Å². The van der Waals surface area contributed by atoms with Crippen molar-refractivity contribution >= 4 is 23.2 Å². The van der Waals surface area contributed by atoms with E-state index in [4.69, 9.17) is 27.9 Å². The maximum atomic E-state index is 13.3. The SMILES string of the molecule is CC(C)OCC(C)(O)c1cc(F)c(Cl)cc1Cl. The molecule has 0 bridgehead atoms. The van der Waals surface area contributed by atoms with Crippen molar-refractivity contribution in [2.75, 3.05) is 6.61 Å². The predicted molar refractivity (Wildman–Crippen MR) is 67.1 cm³/mol. The van der Waals surface area contributed by atoms with E-state index < -0.39 is 11.4 Å². The second-order valence-electron chi connectivity index (χ2n) is 4.38. The molecule has 0 aliphatic heterocycles. The Morgan fingerprint density at radius 1 is 1.35 bits per heavy atom. The number of halogens is 3. The van der Waals surface area contributed by atoms with E-state index in [2.05, 4.69) is 0 Å². The van der Waals surface area contributed by atoms with Crippen LogP contribution in [-0.4, -0.2) is 17.8 Å². The molecule has 0 aromatic heterocycles. The minimum absolute atomic E-state index is 0.0302. The van der Waals surface area contributed by atoms with Gasteiger partial charge in [-0.05, 0) is 32.9 Å². The van der Waals surface area contributed by atoms with E-state index in [0.717, 1.165) is 6.07 Å². The van der Waals surface area contributed by atoms with Crippen molar-refractivity contribution in [3.63, 3.8) is 0 Å². The lowest BCUT2D eigenvalue weighted by atomic mass is 9.97.